The molecule has 2 rings (SSSR count). The fraction of sp³-hybridized carbons (Fsp3) is 0.300. The van der Waals surface area contributed by atoms with Crippen molar-refractivity contribution >= 4 is 23.5 Å². The first-order chi connectivity index (χ1) is 11.4. The van der Waals surface area contributed by atoms with E-state index in [4.69, 9.17) is 0 Å². The van der Waals surface area contributed by atoms with Crippen LogP contribution in [0.4, 0.5) is 0 Å². The lowest BCUT2D eigenvalue weighted by Crippen LogP contribution is -2.23. The molecule has 0 aliphatic rings. The van der Waals surface area contributed by atoms with Crippen LogP contribution in [0.25, 0.3) is 0 Å². The molecule has 1 atom stereocenters. The first-order valence-electron chi connectivity index (χ1n) is 7.97. The molecule has 2 aromatic carbocycles. The van der Waals surface area contributed by atoms with Gasteiger partial charge in [0.05, 0.1) is 11.8 Å². The van der Waals surface area contributed by atoms with Crippen LogP contribution in [0.5, 0.6) is 0 Å². The van der Waals surface area contributed by atoms with E-state index in [-0.39, 0.29) is 17.7 Å². The van der Waals surface area contributed by atoms with Crippen molar-refractivity contribution in [2.75, 3.05) is 5.75 Å². The lowest BCUT2D eigenvalue weighted by Gasteiger charge is -2.13. The van der Waals surface area contributed by atoms with Crippen LogP contribution in [0.15, 0.2) is 47.4 Å². The number of hydrogen-bond donors (Lipinski definition) is 1. The number of aryl methyl sites for hydroxylation is 2. The molecule has 0 fully saturated rings. The Hall–Kier alpha value is -2.07. The average molecular weight is 341 g/mol. The molecule has 0 aromatic heterocycles. The van der Waals surface area contributed by atoms with E-state index in [2.05, 4.69) is 37.4 Å². The molecule has 0 heterocycles. The summed E-state index contributed by atoms with van der Waals surface area (Å²) in [6.07, 6.45) is 0. The Morgan fingerprint density at radius 3 is 2.29 bits per heavy atom. The van der Waals surface area contributed by atoms with Crippen LogP contribution in [0.2, 0.25) is 0 Å². The molecule has 1 unspecified atom stereocenters. The minimum absolute atomic E-state index is 0.0587. The van der Waals surface area contributed by atoms with Gasteiger partial charge in [-0.15, -0.1) is 11.8 Å². The molecule has 126 valence electrons. The van der Waals surface area contributed by atoms with Crippen molar-refractivity contribution in [3.8, 4) is 0 Å². The third kappa shape index (κ3) is 4.96. The van der Waals surface area contributed by atoms with E-state index in [1.54, 1.807) is 11.8 Å². The minimum Gasteiger partial charge on any atom is -0.350 e. The highest BCUT2D eigenvalue weighted by Gasteiger charge is 2.10. The standard InChI is InChI=1S/C20H23NO2S/c1-13-5-10-19(11-14(13)2)24-12-20(23)18-8-6-17(7-9-18)15(3)21-16(4)22/h5-11,15H,12H2,1-4H3,(H,21,22). The van der Waals surface area contributed by atoms with Crippen molar-refractivity contribution in [2.45, 2.75) is 38.6 Å². The van der Waals surface area contributed by atoms with Crippen LogP contribution in [0.1, 0.15) is 46.9 Å². The fourth-order valence-electron chi connectivity index (χ4n) is 2.38. The molecule has 0 aliphatic carbocycles. The summed E-state index contributed by atoms with van der Waals surface area (Å²) >= 11 is 1.56. The Morgan fingerprint density at radius 2 is 1.71 bits per heavy atom. The van der Waals surface area contributed by atoms with Crippen molar-refractivity contribution in [3.05, 3.63) is 64.7 Å². The van der Waals surface area contributed by atoms with Gasteiger partial charge in [0, 0.05) is 17.4 Å². The smallest absolute Gasteiger partial charge is 0.217 e. The van der Waals surface area contributed by atoms with Gasteiger partial charge in [-0.05, 0) is 49.6 Å². The van der Waals surface area contributed by atoms with E-state index >= 15 is 0 Å². The third-order valence-corrected chi connectivity index (χ3v) is 4.99. The van der Waals surface area contributed by atoms with Gasteiger partial charge >= 0.3 is 0 Å². The number of rotatable bonds is 6. The maximum absolute atomic E-state index is 12.3. The molecule has 2 aromatic rings. The van der Waals surface area contributed by atoms with Gasteiger partial charge < -0.3 is 5.32 Å². The number of hydrogen-bond acceptors (Lipinski definition) is 3. The SMILES string of the molecule is CC(=O)NC(C)c1ccc(C(=O)CSc2ccc(C)c(C)c2)cc1. The van der Waals surface area contributed by atoms with Crippen LogP contribution >= 0.6 is 11.8 Å². The molecule has 0 saturated heterocycles. The summed E-state index contributed by atoms with van der Waals surface area (Å²) in [6.45, 7) is 7.58. The van der Waals surface area contributed by atoms with E-state index in [0.717, 1.165) is 10.5 Å². The lowest BCUT2D eigenvalue weighted by atomic mass is 10.0. The molecule has 3 nitrogen and oxygen atoms in total. The zero-order chi connectivity index (χ0) is 17.7. The van der Waals surface area contributed by atoms with Gasteiger partial charge in [-0.2, -0.15) is 0 Å². The van der Waals surface area contributed by atoms with Gasteiger partial charge in [-0.1, -0.05) is 30.3 Å². The highest BCUT2D eigenvalue weighted by atomic mass is 32.2. The van der Waals surface area contributed by atoms with Gasteiger partial charge in [0.25, 0.3) is 0 Å². The molecule has 1 N–H and O–H groups in total. The Morgan fingerprint density at radius 1 is 1.04 bits per heavy atom. The second kappa shape index (κ2) is 8.15. The molecule has 4 heteroatoms. The van der Waals surface area contributed by atoms with Crippen LogP contribution in [-0.4, -0.2) is 17.4 Å². The molecule has 0 bridgehead atoms. The molecular formula is C20H23NO2S. The molecule has 0 saturated carbocycles. The Labute approximate surface area is 147 Å². The van der Waals surface area contributed by atoms with E-state index < -0.39 is 0 Å². The summed E-state index contributed by atoms with van der Waals surface area (Å²) in [5.74, 6) is 0.465. The van der Waals surface area contributed by atoms with E-state index in [1.165, 1.54) is 18.1 Å². The molecule has 0 spiro atoms. The van der Waals surface area contributed by atoms with Crippen LogP contribution in [0.3, 0.4) is 0 Å². The summed E-state index contributed by atoms with van der Waals surface area (Å²) < 4.78 is 0. The summed E-state index contributed by atoms with van der Waals surface area (Å²) in [5, 5.41) is 2.84. The summed E-state index contributed by atoms with van der Waals surface area (Å²) in [4.78, 5) is 24.6. The van der Waals surface area contributed by atoms with Gasteiger partial charge in [-0.3, -0.25) is 9.59 Å². The zero-order valence-corrected chi connectivity index (χ0v) is 15.4. The third-order valence-electron chi connectivity index (χ3n) is 4.00. The number of ketones is 1. The number of carbonyl (C=O) groups is 2. The van der Waals surface area contributed by atoms with Crippen LogP contribution in [0, 0.1) is 13.8 Å². The summed E-state index contributed by atoms with van der Waals surface area (Å²) in [7, 11) is 0. The van der Waals surface area contributed by atoms with Crippen molar-refractivity contribution in [1.82, 2.24) is 5.32 Å². The predicted molar refractivity (Wildman–Crippen MR) is 99.6 cm³/mol. The highest BCUT2D eigenvalue weighted by molar-refractivity contribution is 8.00. The van der Waals surface area contributed by atoms with E-state index in [1.807, 2.05) is 31.2 Å². The number of amides is 1. The topological polar surface area (TPSA) is 46.2 Å². The quantitative estimate of drug-likeness (QED) is 0.622. The van der Waals surface area contributed by atoms with E-state index in [0.29, 0.717) is 11.3 Å². The molecule has 0 radical (unpaired) electrons. The summed E-state index contributed by atoms with van der Waals surface area (Å²) in [5.41, 5.74) is 4.19. The predicted octanol–water partition coefficient (Wildman–Crippen LogP) is 4.48. The average Bonchev–Trinajstić information content (AvgIpc) is 2.55. The molecular weight excluding hydrogens is 318 g/mol. The van der Waals surface area contributed by atoms with Crippen LogP contribution < -0.4 is 5.32 Å². The minimum atomic E-state index is -0.0626. The Bertz CT molecular complexity index is 738. The second-order valence-corrected chi connectivity index (χ2v) is 7.05. The maximum Gasteiger partial charge on any atom is 0.217 e. The fourth-order valence-corrected chi connectivity index (χ4v) is 3.27. The van der Waals surface area contributed by atoms with Gasteiger partial charge in [-0.25, -0.2) is 0 Å². The monoisotopic (exact) mass is 341 g/mol. The normalized spacial score (nSPS) is 11.8. The number of Topliss-reactive ketones (excluding diaryl/α,β-unsaturated/α-hetero) is 1. The van der Waals surface area contributed by atoms with Crippen molar-refractivity contribution in [1.29, 1.82) is 0 Å². The van der Waals surface area contributed by atoms with Crippen molar-refractivity contribution in [2.24, 2.45) is 0 Å². The zero-order valence-electron chi connectivity index (χ0n) is 14.6. The number of nitrogens with one attached hydrogen (secondary N) is 1. The van der Waals surface area contributed by atoms with Crippen molar-refractivity contribution < 1.29 is 9.59 Å². The number of carbonyl (C=O) groups excluding carboxylic acids is 2. The number of benzene rings is 2. The maximum atomic E-state index is 12.3. The largest absolute Gasteiger partial charge is 0.350 e. The number of thioether (sulfide) groups is 1. The second-order valence-electron chi connectivity index (χ2n) is 6.00. The Kier molecular flexibility index (Phi) is 6.21. The molecule has 24 heavy (non-hydrogen) atoms. The highest BCUT2D eigenvalue weighted by Crippen LogP contribution is 2.22. The van der Waals surface area contributed by atoms with Gasteiger partial charge in [0.2, 0.25) is 5.91 Å². The molecule has 1 amide bonds. The first-order valence-corrected chi connectivity index (χ1v) is 8.95. The lowest BCUT2D eigenvalue weighted by molar-refractivity contribution is -0.119. The van der Waals surface area contributed by atoms with Crippen molar-refractivity contribution in [3.63, 3.8) is 0 Å². The van der Waals surface area contributed by atoms with Gasteiger partial charge in [0.1, 0.15) is 0 Å². The summed E-state index contributed by atoms with van der Waals surface area (Å²) in [6, 6.07) is 13.7. The Balaban J connectivity index is 1.97. The van der Waals surface area contributed by atoms with Crippen LogP contribution in [-0.2, 0) is 4.79 Å². The van der Waals surface area contributed by atoms with E-state index in [9.17, 15) is 9.59 Å². The first kappa shape index (κ1) is 18.3. The molecule has 0 aliphatic heterocycles. The van der Waals surface area contributed by atoms with Gasteiger partial charge in [0.15, 0.2) is 5.78 Å².